The molecule has 1 aromatic carbocycles. The van der Waals surface area contributed by atoms with E-state index >= 15 is 0 Å². The lowest BCUT2D eigenvalue weighted by Crippen LogP contribution is -2.32. The number of aliphatic hydroxyl groups excluding tert-OH is 1. The number of ether oxygens (including phenoxy) is 1. The lowest BCUT2D eigenvalue weighted by atomic mass is 9.87. The summed E-state index contributed by atoms with van der Waals surface area (Å²) in [6.07, 6.45) is 0.704. The summed E-state index contributed by atoms with van der Waals surface area (Å²) in [5.74, 6) is 0.889. The number of hydrogen-bond acceptors (Lipinski definition) is 3. The van der Waals surface area contributed by atoms with Gasteiger partial charge in [0.15, 0.2) is 0 Å². The van der Waals surface area contributed by atoms with E-state index in [1.54, 1.807) is 0 Å². The first-order valence-electron chi connectivity index (χ1n) is 6.49. The van der Waals surface area contributed by atoms with Crippen LogP contribution in [0.5, 0.6) is 5.75 Å². The van der Waals surface area contributed by atoms with Crippen LogP contribution in [0.1, 0.15) is 32.8 Å². The maximum absolute atomic E-state index is 8.92. The predicted octanol–water partition coefficient (Wildman–Crippen LogP) is 2.33. The van der Waals surface area contributed by atoms with Gasteiger partial charge in [0, 0.05) is 12.6 Å². The van der Waals surface area contributed by atoms with Crippen molar-refractivity contribution >= 4 is 0 Å². The van der Waals surface area contributed by atoms with Gasteiger partial charge in [-0.15, -0.1) is 0 Å². The molecule has 2 N–H and O–H groups in total. The minimum Gasteiger partial charge on any atom is -0.492 e. The van der Waals surface area contributed by atoms with E-state index in [1.807, 2.05) is 19.2 Å². The topological polar surface area (TPSA) is 41.5 Å². The molecular formula is C15H25NO2. The van der Waals surface area contributed by atoms with Crippen molar-refractivity contribution in [3.63, 3.8) is 0 Å². The van der Waals surface area contributed by atoms with Crippen molar-refractivity contribution in [3.05, 3.63) is 29.8 Å². The van der Waals surface area contributed by atoms with Gasteiger partial charge in [-0.25, -0.2) is 0 Å². The van der Waals surface area contributed by atoms with E-state index in [-0.39, 0.29) is 18.1 Å². The number of benzene rings is 1. The van der Waals surface area contributed by atoms with Gasteiger partial charge < -0.3 is 15.2 Å². The van der Waals surface area contributed by atoms with E-state index in [2.05, 4.69) is 38.2 Å². The molecule has 0 fully saturated rings. The highest BCUT2D eigenvalue weighted by Crippen LogP contribution is 2.25. The summed E-state index contributed by atoms with van der Waals surface area (Å²) in [6, 6.07) is 8.40. The molecule has 102 valence electrons. The van der Waals surface area contributed by atoms with E-state index in [0.29, 0.717) is 13.0 Å². The zero-order valence-corrected chi connectivity index (χ0v) is 11.9. The Labute approximate surface area is 110 Å². The molecule has 0 aliphatic rings. The van der Waals surface area contributed by atoms with Crippen LogP contribution in [0.25, 0.3) is 0 Å². The van der Waals surface area contributed by atoms with Crippen LogP contribution >= 0.6 is 0 Å². The van der Waals surface area contributed by atoms with Crippen LogP contribution in [0, 0.1) is 0 Å². The Morgan fingerprint density at radius 1 is 1.33 bits per heavy atom. The van der Waals surface area contributed by atoms with Crippen LogP contribution in [-0.2, 0) is 5.41 Å². The molecule has 0 aromatic heterocycles. The summed E-state index contributed by atoms with van der Waals surface area (Å²) in [7, 11) is 1.88. The van der Waals surface area contributed by atoms with Gasteiger partial charge in [-0.05, 0) is 36.6 Å². The fraction of sp³-hybridized carbons (Fsp3) is 0.600. The zero-order chi connectivity index (χ0) is 13.6. The lowest BCUT2D eigenvalue weighted by Gasteiger charge is -2.21. The molecule has 0 bridgehead atoms. The number of likely N-dealkylation sites (N-methyl/N-ethyl adjacent to an activating group) is 1. The van der Waals surface area contributed by atoms with E-state index in [0.717, 1.165) is 5.75 Å². The summed E-state index contributed by atoms with van der Waals surface area (Å²) in [6.45, 7) is 7.32. The van der Waals surface area contributed by atoms with Crippen LogP contribution in [0.2, 0.25) is 0 Å². The molecule has 0 saturated carbocycles. The van der Waals surface area contributed by atoms with Crippen LogP contribution in [0.15, 0.2) is 24.3 Å². The third kappa shape index (κ3) is 4.67. The van der Waals surface area contributed by atoms with Crippen LogP contribution in [0.3, 0.4) is 0 Å². The molecule has 0 amide bonds. The Hall–Kier alpha value is -1.06. The molecule has 0 spiro atoms. The average Bonchev–Trinajstić information content (AvgIpc) is 2.34. The Balaban J connectivity index is 2.62. The summed E-state index contributed by atoms with van der Waals surface area (Å²) in [5, 5.41) is 12.1. The standard InChI is InChI=1S/C15H25NO2/c1-15(2,3)12-6-5-7-14(10-12)18-11-13(16-4)8-9-17/h5-7,10,13,16-17H,8-9,11H2,1-4H3. The van der Waals surface area contributed by atoms with Crippen LogP contribution in [-0.4, -0.2) is 31.4 Å². The van der Waals surface area contributed by atoms with Crippen molar-refractivity contribution in [1.82, 2.24) is 5.32 Å². The SMILES string of the molecule is CNC(CCO)COc1cccc(C(C)(C)C)c1. The fourth-order valence-electron chi connectivity index (χ4n) is 1.72. The molecule has 1 atom stereocenters. The molecule has 0 heterocycles. The van der Waals surface area contributed by atoms with Crippen LogP contribution < -0.4 is 10.1 Å². The monoisotopic (exact) mass is 251 g/mol. The fourth-order valence-corrected chi connectivity index (χ4v) is 1.72. The van der Waals surface area contributed by atoms with Gasteiger partial charge in [0.1, 0.15) is 12.4 Å². The highest BCUT2D eigenvalue weighted by atomic mass is 16.5. The Morgan fingerprint density at radius 2 is 2.06 bits per heavy atom. The lowest BCUT2D eigenvalue weighted by molar-refractivity contribution is 0.218. The number of aliphatic hydroxyl groups is 1. The van der Waals surface area contributed by atoms with Gasteiger partial charge in [-0.3, -0.25) is 0 Å². The van der Waals surface area contributed by atoms with Gasteiger partial charge in [0.05, 0.1) is 0 Å². The van der Waals surface area contributed by atoms with E-state index in [1.165, 1.54) is 5.56 Å². The second kappa shape index (κ2) is 6.76. The molecule has 0 aliphatic carbocycles. The third-order valence-corrected chi connectivity index (χ3v) is 3.04. The second-order valence-electron chi connectivity index (χ2n) is 5.59. The molecule has 3 nitrogen and oxygen atoms in total. The molecule has 1 rings (SSSR count). The Kier molecular flexibility index (Phi) is 5.63. The summed E-state index contributed by atoms with van der Waals surface area (Å²) < 4.78 is 5.77. The molecule has 0 aliphatic heterocycles. The molecule has 1 unspecified atom stereocenters. The van der Waals surface area contributed by atoms with Crippen molar-refractivity contribution in [1.29, 1.82) is 0 Å². The second-order valence-corrected chi connectivity index (χ2v) is 5.59. The molecule has 0 saturated heterocycles. The minimum absolute atomic E-state index is 0.132. The first-order chi connectivity index (χ1) is 8.47. The molecule has 18 heavy (non-hydrogen) atoms. The first kappa shape index (κ1) is 15.0. The minimum atomic E-state index is 0.132. The van der Waals surface area contributed by atoms with Gasteiger partial charge in [-0.2, -0.15) is 0 Å². The zero-order valence-electron chi connectivity index (χ0n) is 11.9. The molecule has 1 aromatic rings. The largest absolute Gasteiger partial charge is 0.492 e. The summed E-state index contributed by atoms with van der Waals surface area (Å²) >= 11 is 0. The molecular weight excluding hydrogens is 226 g/mol. The quantitative estimate of drug-likeness (QED) is 0.815. The molecule has 0 radical (unpaired) electrons. The van der Waals surface area contributed by atoms with E-state index in [4.69, 9.17) is 9.84 Å². The number of hydrogen-bond donors (Lipinski definition) is 2. The van der Waals surface area contributed by atoms with Gasteiger partial charge >= 0.3 is 0 Å². The van der Waals surface area contributed by atoms with Crippen molar-refractivity contribution in [2.24, 2.45) is 0 Å². The Bertz CT molecular complexity index is 358. The first-order valence-corrected chi connectivity index (χ1v) is 6.49. The van der Waals surface area contributed by atoms with E-state index < -0.39 is 0 Å². The van der Waals surface area contributed by atoms with Gasteiger partial charge in [0.2, 0.25) is 0 Å². The van der Waals surface area contributed by atoms with Crippen LogP contribution in [0.4, 0.5) is 0 Å². The number of rotatable bonds is 6. The van der Waals surface area contributed by atoms with Crippen molar-refractivity contribution in [2.45, 2.75) is 38.6 Å². The van der Waals surface area contributed by atoms with E-state index in [9.17, 15) is 0 Å². The molecule has 3 heteroatoms. The van der Waals surface area contributed by atoms with Crippen molar-refractivity contribution < 1.29 is 9.84 Å². The smallest absolute Gasteiger partial charge is 0.119 e. The maximum atomic E-state index is 8.92. The maximum Gasteiger partial charge on any atom is 0.119 e. The number of nitrogens with one attached hydrogen (secondary N) is 1. The van der Waals surface area contributed by atoms with Crippen molar-refractivity contribution in [2.75, 3.05) is 20.3 Å². The summed E-state index contributed by atoms with van der Waals surface area (Å²) in [5.41, 5.74) is 1.40. The third-order valence-electron chi connectivity index (χ3n) is 3.04. The Morgan fingerprint density at radius 3 is 2.61 bits per heavy atom. The average molecular weight is 251 g/mol. The normalized spacial score (nSPS) is 13.4. The van der Waals surface area contributed by atoms with Crippen molar-refractivity contribution in [3.8, 4) is 5.75 Å². The summed E-state index contributed by atoms with van der Waals surface area (Å²) in [4.78, 5) is 0. The highest BCUT2D eigenvalue weighted by molar-refractivity contribution is 5.32. The van der Waals surface area contributed by atoms with Gasteiger partial charge in [0.25, 0.3) is 0 Å². The predicted molar refractivity (Wildman–Crippen MR) is 75.2 cm³/mol. The highest BCUT2D eigenvalue weighted by Gasteiger charge is 2.14. The van der Waals surface area contributed by atoms with Gasteiger partial charge in [-0.1, -0.05) is 32.9 Å².